The normalized spacial score (nSPS) is 13.3. The van der Waals surface area contributed by atoms with Crippen molar-refractivity contribution in [2.45, 2.75) is 19.3 Å². The van der Waals surface area contributed by atoms with Gasteiger partial charge in [-0.2, -0.15) is 0 Å². The number of hydrogen-bond acceptors (Lipinski definition) is 6. The molecule has 0 spiro atoms. The number of imidazole rings is 1. The number of carbonyl (C=O) groups is 1. The minimum absolute atomic E-state index is 0.0504. The largest absolute Gasteiger partial charge is 0.456 e. The topological polar surface area (TPSA) is 91.6 Å². The molecule has 0 atom stereocenters. The van der Waals surface area contributed by atoms with Crippen molar-refractivity contribution < 1.29 is 9.21 Å². The summed E-state index contributed by atoms with van der Waals surface area (Å²) in [5, 5.41) is 4.05. The maximum absolute atomic E-state index is 14.2. The van der Waals surface area contributed by atoms with Crippen LogP contribution in [0.25, 0.3) is 106 Å². The highest BCUT2D eigenvalue weighted by atomic mass is 16.3. The number of hydrogen-bond donors (Lipinski definition) is 0. The zero-order valence-electron chi connectivity index (χ0n) is 34.8. The molecule has 4 aromatic heterocycles. The molecular formula is C56H36N6O2. The molecule has 0 fully saturated rings. The van der Waals surface area contributed by atoms with Crippen LogP contribution in [0.4, 0.5) is 0 Å². The van der Waals surface area contributed by atoms with Crippen LogP contribution in [0, 0.1) is 0 Å². The van der Waals surface area contributed by atoms with Gasteiger partial charge in [0.15, 0.2) is 17.5 Å². The van der Waals surface area contributed by atoms with Gasteiger partial charge in [0.2, 0.25) is 0 Å². The monoisotopic (exact) mass is 824 g/mol. The van der Waals surface area contributed by atoms with E-state index in [4.69, 9.17) is 24.4 Å². The summed E-state index contributed by atoms with van der Waals surface area (Å²) in [6.07, 6.45) is 0. The number of rotatable bonds is 5. The highest BCUT2D eigenvalue weighted by molar-refractivity contribution is 6.16. The Labute approximate surface area is 366 Å². The first-order valence-corrected chi connectivity index (χ1v) is 21.4. The van der Waals surface area contributed by atoms with Crippen LogP contribution in [0.2, 0.25) is 0 Å². The van der Waals surface area contributed by atoms with Crippen LogP contribution in [0.1, 0.15) is 35.6 Å². The molecule has 302 valence electrons. The number of aromatic nitrogens is 6. The fourth-order valence-electron chi connectivity index (χ4n) is 9.83. The van der Waals surface area contributed by atoms with Crippen molar-refractivity contribution in [2.24, 2.45) is 0 Å². The second-order valence-corrected chi connectivity index (χ2v) is 17.0. The minimum atomic E-state index is -0.466. The van der Waals surface area contributed by atoms with E-state index in [9.17, 15) is 4.79 Å². The Hall–Kier alpha value is -8.49. The first-order chi connectivity index (χ1) is 31.4. The van der Waals surface area contributed by atoms with Crippen molar-refractivity contribution in [2.75, 3.05) is 0 Å². The van der Waals surface area contributed by atoms with Crippen LogP contribution in [-0.2, 0) is 5.41 Å². The number of carbonyl (C=O) groups excluding carboxylic acids is 1. The van der Waals surface area contributed by atoms with E-state index in [1.165, 1.54) is 0 Å². The standard InChI is InChI=1S/C56H36N6O2/c1-56(2)43-23-13-12-21-38(43)54(63)62-47-32-46-41(31-44(47)57-55(56)62)40-29-35(25-27-45(40)61(46)37-19-10-5-11-20-37)36-26-28-48-42(30-36)50-39(22-14-24-49(50)64-48)53-59-51(33-15-6-3-7-16-33)58-52(60-53)34-17-8-4-9-18-34/h3-32H,1-2H3. The van der Waals surface area contributed by atoms with Crippen LogP contribution >= 0.6 is 0 Å². The van der Waals surface area contributed by atoms with E-state index in [-0.39, 0.29) is 5.91 Å². The van der Waals surface area contributed by atoms with E-state index in [1.54, 1.807) is 0 Å². The molecule has 5 heterocycles. The molecule has 0 unspecified atom stereocenters. The molecule has 0 saturated heterocycles. The molecule has 13 rings (SSSR count). The molecule has 1 aliphatic heterocycles. The quantitative estimate of drug-likeness (QED) is 0.172. The third-order valence-electron chi connectivity index (χ3n) is 12.9. The summed E-state index contributed by atoms with van der Waals surface area (Å²) in [6.45, 7) is 4.30. The third kappa shape index (κ3) is 5.32. The lowest BCUT2D eigenvalue weighted by Crippen LogP contribution is -2.35. The zero-order chi connectivity index (χ0) is 42.7. The van der Waals surface area contributed by atoms with Crippen molar-refractivity contribution >= 4 is 60.7 Å². The predicted octanol–water partition coefficient (Wildman–Crippen LogP) is 13.2. The van der Waals surface area contributed by atoms with E-state index in [0.717, 1.165) is 99.7 Å². The molecule has 0 radical (unpaired) electrons. The van der Waals surface area contributed by atoms with Crippen LogP contribution in [0.3, 0.4) is 0 Å². The number of nitrogens with zero attached hydrogens (tertiary/aromatic N) is 6. The summed E-state index contributed by atoms with van der Waals surface area (Å²) in [4.78, 5) is 34.6. The molecule has 0 N–H and O–H groups in total. The number of benzene rings is 8. The number of para-hydroxylation sites is 1. The van der Waals surface area contributed by atoms with E-state index >= 15 is 0 Å². The van der Waals surface area contributed by atoms with Crippen molar-refractivity contribution in [3.05, 3.63) is 199 Å². The molecule has 8 heteroatoms. The highest BCUT2D eigenvalue weighted by Gasteiger charge is 2.39. The van der Waals surface area contributed by atoms with Gasteiger partial charge in [-0.3, -0.25) is 9.36 Å². The maximum atomic E-state index is 14.2. The summed E-state index contributed by atoms with van der Waals surface area (Å²) >= 11 is 0. The van der Waals surface area contributed by atoms with E-state index in [2.05, 4.69) is 97.3 Å². The maximum Gasteiger partial charge on any atom is 0.264 e. The Kier molecular flexibility index (Phi) is 7.64. The minimum Gasteiger partial charge on any atom is -0.456 e. The van der Waals surface area contributed by atoms with Gasteiger partial charge in [0.25, 0.3) is 5.91 Å². The Bertz CT molecular complexity index is 3830. The molecule has 8 nitrogen and oxygen atoms in total. The Balaban J connectivity index is 1.00. The molecule has 0 aliphatic carbocycles. The van der Waals surface area contributed by atoms with Crippen LogP contribution in [-0.4, -0.2) is 35.0 Å². The highest BCUT2D eigenvalue weighted by Crippen LogP contribution is 2.44. The zero-order valence-corrected chi connectivity index (χ0v) is 34.8. The Morgan fingerprint density at radius 3 is 1.80 bits per heavy atom. The fourth-order valence-corrected chi connectivity index (χ4v) is 9.83. The number of fused-ring (bicyclic) bond motifs is 10. The number of furan rings is 1. The van der Waals surface area contributed by atoms with Gasteiger partial charge >= 0.3 is 0 Å². The molecule has 12 aromatic rings. The van der Waals surface area contributed by atoms with Gasteiger partial charge in [-0.05, 0) is 91.2 Å². The molecule has 0 bridgehead atoms. The average Bonchev–Trinajstić information content (AvgIpc) is 4.03. The van der Waals surface area contributed by atoms with Gasteiger partial charge in [0.05, 0.1) is 22.1 Å². The average molecular weight is 825 g/mol. The van der Waals surface area contributed by atoms with Crippen molar-refractivity contribution in [3.63, 3.8) is 0 Å². The van der Waals surface area contributed by atoms with E-state index in [1.807, 2.05) is 108 Å². The fraction of sp³-hybridized carbons (Fsp3) is 0.0536. The summed E-state index contributed by atoms with van der Waals surface area (Å²) in [6, 6.07) is 61.8. The Morgan fingerprint density at radius 2 is 1.06 bits per heavy atom. The second-order valence-electron chi connectivity index (χ2n) is 17.0. The van der Waals surface area contributed by atoms with Crippen LogP contribution in [0.15, 0.2) is 186 Å². The Morgan fingerprint density at radius 1 is 0.453 bits per heavy atom. The SMILES string of the molecule is CC1(C)c2ccccc2C(=O)n2c1nc1cc3c4cc(-c5ccc6oc7cccc(-c8nc(-c9ccccc9)nc(-c9ccccc9)n8)c7c6c5)ccc4n(-c4ccccc4)c3cc12. The van der Waals surface area contributed by atoms with Gasteiger partial charge < -0.3 is 8.98 Å². The summed E-state index contributed by atoms with van der Waals surface area (Å²) in [5.41, 5.74) is 12.2. The lowest BCUT2D eigenvalue weighted by atomic mass is 9.78. The smallest absolute Gasteiger partial charge is 0.264 e. The van der Waals surface area contributed by atoms with Gasteiger partial charge in [-0.1, -0.05) is 121 Å². The molecule has 64 heavy (non-hydrogen) atoms. The predicted molar refractivity (Wildman–Crippen MR) is 255 cm³/mol. The van der Waals surface area contributed by atoms with Crippen LogP contribution in [0.5, 0.6) is 0 Å². The van der Waals surface area contributed by atoms with Crippen molar-refractivity contribution in [1.29, 1.82) is 0 Å². The summed E-state index contributed by atoms with van der Waals surface area (Å²) in [5.74, 6) is 2.48. The molecule has 8 aromatic carbocycles. The summed E-state index contributed by atoms with van der Waals surface area (Å²) < 4.78 is 10.6. The molecule has 1 aliphatic rings. The van der Waals surface area contributed by atoms with Crippen molar-refractivity contribution in [3.8, 4) is 51.0 Å². The van der Waals surface area contributed by atoms with Crippen molar-refractivity contribution in [1.82, 2.24) is 29.1 Å². The first kappa shape index (κ1) is 36.2. The molecule has 0 amide bonds. The van der Waals surface area contributed by atoms with Crippen LogP contribution < -0.4 is 0 Å². The lowest BCUT2D eigenvalue weighted by Gasteiger charge is -2.31. The van der Waals surface area contributed by atoms with Gasteiger partial charge in [-0.25, -0.2) is 19.9 Å². The molecule has 0 saturated carbocycles. The van der Waals surface area contributed by atoms with Gasteiger partial charge in [0.1, 0.15) is 17.0 Å². The molecular weight excluding hydrogens is 789 g/mol. The van der Waals surface area contributed by atoms with E-state index in [0.29, 0.717) is 23.0 Å². The first-order valence-electron chi connectivity index (χ1n) is 21.4. The lowest BCUT2D eigenvalue weighted by molar-refractivity contribution is 0.0948. The summed E-state index contributed by atoms with van der Waals surface area (Å²) in [7, 11) is 0. The third-order valence-corrected chi connectivity index (χ3v) is 12.9. The second kappa shape index (κ2) is 13.5. The van der Waals surface area contributed by atoms with E-state index < -0.39 is 5.41 Å². The van der Waals surface area contributed by atoms with Gasteiger partial charge in [0, 0.05) is 54.9 Å². The van der Waals surface area contributed by atoms with Gasteiger partial charge in [-0.15, -0.1) is 0 Å².